The molecule has 0 amide bonds. The lowest BCUT2D eigenvalue weighted by atomic mass is 10.0. The Hall–Kier alpha value is -1.03. The van der Waals surface area contributed by atoms with Crippen LogP contribution in [0.4, 0.5) is 0 Å². The van der Waals surface area contributed by atoms with E-state index >= 15 is 0 Å². The van der Waals surface area contributed by atoms with E-state index in [-0.39, 0.29) is 12.4 Å². The number of halogens is 1. The van der Waals surface area contributed by atoms with Gasteiger partial charge in [-0.05, 0) is 29.7 Å². The molecule has 0 heterocycles. The summed E-state index contributed by atoms with van der Waals surface area (Å²) in [7, 11) is 3.02. The summed E-state index contributed by atoms with van der Waals surface area (Å²) in [4.78, 5) is 11.3. The lowest BCUT2D eigenvalue weighted by Gasteiger charge is -2.12. The molecule has 0 saturated carbocycles. The summed E-state index contributed by atoms with van der Waals surface area (Å²) in [5, 5.41) is 0.734. The van der Waals surface area contributed by atoms with E-state index in [4.69, 9.17) is 4.74 Å². The van der Waals surface area contributed by atoms with Gasteiger partial charge in [-0.1, -0.05) is 22.0 Å². The number of hydrogen-bond acceptors (Lipinski definition) is 3. The predicted molar refractivity (Wildman–Crippen MR) is 66.1 cm³/mol. The van der Waals surface area contributed by atoms with Crippen molar-refractivity contribution < 1.29 is 14.3 Å². The zero-order valence-corrected chi connectivity index (χ0v) is 11.3. The zero-order valence-electron chi connectivity index (χ0n) is 9.67. The molecule has 88 valence electrons. The van der Waals surface area contributed by atoms with Crippen LogP contribution in [0.1, 0.15) is 16.7 Å². The third-order valence-corrected chi connectivity index (χ3v) is 3.11. The van der Waals surface area contributed by atoms with Gasteiger partial charge in [0, 0.05) is 5.33 Å². The molecule has 0 N–H and O–H groups in total. The predicted octanol–water partition coefficient (Wildman–Crippen LogP) is 2.61. The quantitative estimate of drug-likeness (QED) is 0.631. The van der Waals surface area contributed by atoms with Crippen molar-refractivity contribution in [2.24, 2.45) is 0 Å². The number of hydrogen-bond donors (Lipinski definition) is 0. The van der Waals surface area contributed by atoms with Crippen molar-refractivity contribution >= 4 is 21.9 Å². The average molecular weight is 287 g/mol. The number of ether oxygens (including phenoxy) is 2. The molecule has 0 aliphatic rings. The van der Waals surface area contributed by atoms with Crippen LogP contribution in [0.3, 0.4) is 0 Å². The minimum Gasteiger partial charge on any atom is -0.496 e. The van der Waals surface area contributed by atoms with Gasteiger partial charge in [-0.3, -0.25) is 4.79 Å². The van der Waals surface area contributed by atoms with E-state index in [1.807, 2.05) is 19.1 Å². The highest BCUT2D eigenvalue weighted by Crippen LogP contribution is 2.25. The van der Waals surface area contributed by atoms with E-state index < -0.39 is 0 Å². The Kier molecular flexibility index (Phi) is 4.80. The van der Waals surface area contributed by atoms with E-state index in [0.717, 1.165) is 27.8 Å². The molecule has 3 nitrogen and oxygen atoms in total. The fraction of sp³-hybridized carbons (Fsp3) is 0.417. The largest absolute Gasteiger partial charge is 0.496 e. The van der Waals surface area contributed by atoms with Gasteiger partial charge in [-0.25, -0.2) is 0 Å². The smallest absolute Gasteiger partial charge is 0.309 e. The van der Waals surface area contributed by atoms with Gasteiger partial charge >= 0.3 is 5.97 Å². The molecular weight excluding hydrogens is 272 g/mol. The Morgan fingerprint density at radius 1 is 1.38 bits per heavy atom. The summed E-state index contributed by atoms with van der Waals surface area (Å²) < 4.78 is 9.94. The summed E-state index contributed by atoms with van der Waals surface area (Å²) in [6, 6.07) is 3.95. The molecule has 0 fully saturated rings. The van der Waals surface area contributed by atoms with Crippen LogP contribution in [-0.2, 0) is 21.3 Å². The second kappa shape index (κ2) is 5.89. The van der Waals surface area contributed by atoms with Gasteiger partial charge in [0.1, 0.15) is 5.75 Å². The van der Waals surface area contributed by atoms with Crippen LogP contribution in [0.2, 0.25) is 0 Å². The number of carbonyl (C=O) groups excluding carboxylic acids is 1. The number of methoxy groups -OCH3 is 2. The molecule has 16 heavy (non-hydrogen) atoms. The number of carbonyl (C=O) groups is 1. The fourth-order valence-electron chi connectivity index (χ4n) is 1.51. The Labute approximate surface area is 104 Å². The van der Waals surface area contributed by atoms with Gasteiger partial charge in [-0.2, -0.15) is 0 Å². The molecule has 0 bridgehead atoms. The molecule has 0 aromatic heterocycles. The zero-order chi connectivity index (χ0) is 12.1. The Balaban J connectivity index is 3.10. The molecule has 0 aliphatic carbocycles. The standard InChI is InChI=1S/C12H15BrO3/c1-8-10(6-12(14)16-3)4-9(7-13)5-11(8)15-2/h4-5H,6-7H2,1-3H3. The van der Waals surface area contributed by atoms with Crippen LogP contribution < -0.4 is 4.74 Å². The van der Waals surface area contributed by atoms with E-state index in [0.29, 0.717) is 0 Å². The van der Waals surface area contributed by atoms with Crippen molar-refractivity contribution in [3.8, 4) is 5.75 Å². The molecule has 0 saturated heterocycles. The van der Waals surface area contributed by atoms with Gasteiger partial charge in [-0.15, -0.1) is 0 Å². The molecule has 0 unspecified atom stereocenters. The van der Waals surface area contributed by atoms with E-state index in [1.54, 1.807) is 7.11 Å². The Bertz CT molecular complexity index is 388. The molecule has 1 aromatic carbocycles. The first-order valence-corrected chi connectivity index (χ1v) is 6.03. The van der Waals surface area contributed by atoms with Crippen molar-refractivity contribution in [3.05, 3.63) is 28.8 Å². The van der Waals surface area contributed by atoms with E-state index in [1.165, 1.54) is 7.11 Å². The van der Waals surface area contributed by atoms with Crippen molar-refractivity contribution in [1.29, 1.82) is 0 Å². The summed E-state index contributed by atoms with van der Waals surface area (Å²) in [5.74, 6) is 0.563. The van der Waals surface area contributed by atoms with Gasteiger partial charge in [0.2, 0.25) is 0 Å². The molecule has 0 radical (unpaired) electrons. The normalized spacial score (nSPS) is 10.0. The summed E-state index contributed by atoms with van der Waals surface area (Å²) in [6.45, 7) is 1.94. The average Bonchev–Trinajstić information content (AvgIpc) is 2.31. The van der Waals surface area contributed by atoms with Crippen LogP contribution in [0.15, 0.2) is 12.1 Å². The molecule has 1 aromatic rings. The van der Waals surface area contributed by atoms with Crippen LogP contribution in [0.5, 0.6) is 5.75 Å². The first kappa shape index (κ1) is 13.0. The monoisotopic (exact) mass is 286 g/mol. The third-order valence-electron chi connectivity index (χ3n) is 2.46. The molecule has 4 heteroatoms. The third kappa shape index (κ3) is 2.98. The number of benzene rings is 1. The lowest BCUT2D eigenvalue weighted by molar-refractivity contribution is -0.139. The van der Waals surface area contributed by atoms with Crippen LogP contribution in [0.25, 0.3) is 0 Å². The summed E-state index contributed by atoms with van der Waals surface area (Å²) in [6.07, 6.45) is 0.277. The van der Waals surface area contributed by atoms with Gasteiger partial charge in [0.15, 0.2) is 0 Å². The highest BCUT2D eigenvalue weighted by Gasteiger charge is 2.11. The first-order chi connectivity index (χ1) is 7.62. The minimum absolute atomic E-state index is 0.239. The second-order valence-corrected chi connectivity index (χ2v) is 4.03. The number of rotatable bonds is 4. The number of alkyl halides is 1. The highest BCUT2D eigenvalue weighted by atomic mass is 79.9. The van der Waals surface area contributed by atoms with E-state index in [2.05, 4.69) is 20.7 Å². The fourth-order valence-corrected chi connectivity index (χ4v) is 1.83. The SMILES string of the molecule is COC(=O)Cc1cc(CBr)cc(OC)c1C. The summed E-state index contributed by atoms with van der Waals surface area (Å²) in [5.41, 5.74) is 3.01. The van der Waals surface area contributed by atoms with Crippen molar-refractivity contribution in [2.75, 3.05) is 14.2 Å². The maximum Gasteiger partial charge on any atom is 0.309 e. The molecule has 0 atom stereocenters. The Morgan fingerprint density at radius 3 is 2.56 bits per heavy atom. The first-order valence-electron chi connectivity index (χ1n) is 4.91. The maximum atomic E-state index is 11.3. The minimum atomic E-state index is -0.239. The van der Waals surface area contributed by atoms with Gasteiger partial charge in [0.05, 0.1) is 20.6 Å². The van der Waals surface area contributed by atoms with Crippen molar-refractivity contribution in [3.63, 3.8) is 0 Å². The van der Waals surface area contributed by atoms with Crippen LogP contribution in [0, 0.1) is 6.92 Å². The molecule has 1 rings (SSSR count). The molecular formula is C12H15BrO3. The van der Waals surface area contributed by atoms with Crippen LogP contribution in [-0.4, -0.2) is 20.2 Å². The lowest BCUT2D eigenvalue weighted by Crippen LogP contribution is -2.07. The molecule has 0 spiro atoms. The number of esters is 1. The molecule has 0 aliphatic heterocycles. The maximum absolute atomic E-state index is 11.3. The van der Waals surface area contributed by atoms with Crippen molar-refractivity contribution in [1.82, 2.24) is 0 Å². The topological polar surface area (TPSA) is 35.5 Å². The van der Waals surface area contributed by atoms with Gasteiger partial charge < -0.3 is 9.47 Å². The van der Waals surface area contributed by atoms with E-state index in [9.17, 15) is 4.79 Å². The van der Waals surface area contributed by atoms with Crippen molar-refractivity contribution in [2.45, 2.75) is 18.7 Å². The van der Waals surface area contributed by atoms with Crippen LogP contribution >= 0.6 is 15.9 Å². The highest BCUT2D eigenvalue weighted by molar-refractivity contribution is 9.08. The van der Waals surface area contributed by atoms with Gasteiger partial charge in [0.25, 0.3) is 0 Å². The second-order valence-electron chi connectivity index (χ2n) is 3.47. The summed E-state index contributed by atoms with van der Waals surface area (Å²) >= 11 is 3.39. The Morgan fingerprint density at radius 2 is 2.06 bits per heavy atom.